The third-order valence-electron chi connectivity index (χ3n) is 2.39. The molecule has 0 fully saturated rings. The summed E-state index contributed by atoms with van der Waals surface area (Å²) in [5.74, 6) is 0.431. The third-order valence-corrected chi connectivity index (χ3v) is 2.66. The molecule has 0 atom stereocenters. The first-order valence-electron chi connectivity index (χ1n) is 6.42. The Morgan fingerprint density at radius 1 is 1.40 bits per heavy atom. The minimum atomic E-state index is -0.0509. The zero-order chi connectivity index (χ0) is 15.7. The largest absolute Gasteiger partial charge is 0.395 e. The van der Waals surface area contributed by atoms with Crippen LogP contribution >= 0.6 is 11.6 Å². The molecular formula is C12H22ClN5O2. The first-order chi connectivity index (χ1) is 9.54. The normalized spacial score (nSPS) is 9.50. The molecule has 20 heavy (non-hydrogen) atoms. The van der Waals surface area contributed by atoms with E-state index in [1.165, 1.54) is 4.90 Å². The predicted molar refractivity (Wildman–Crippen MR) is 82.2 cm³/mol. The van der Waals surface area contributed by atoms with Gasteiger partial charge in [0.15, 0.2) is 11.0 Å². The van der Waals surface area contributed by atoms with Crippen LogP contribution in [0.3, 0.4) is 0 Å². The summed E-state index contributed by atoms with van der Waals surface area (Å²) in [7, 11) is 1.72. The number of nitrogens with zero attached hydrogens (tertiary/aromatic N) is 4. The summed E-state index contributed by atoms with van der Waals surface area (Å²) < 4.78 is 0. The topological polar surface area (TPSA) is 95.6 Å². The number of nitrogen functional groups attached to an aromatic ring is 1. The Balaban J connectivity index is 0.00000172. The van der Waals surface area contributed by atoms with Gasteiger partial charge >= 0.3 is 0 Å². The lowest BCUT2D eigenvalue weighted by Gasteiger charge is -2.25. The van der Waals surface area contributed by atoms with Crippen LogP contribution in [0.15, 0.2) is 0 Å². The molecule has 0 bridgehead atoms. The SMILES string of the molecule is CC.CCN(C=O)c1c(Cl)nc(N)nc1N(C)CCO. The van der Waals surface area contributed by atoms with Crippen molar-refractivity contribution in [2.45, 2.75) is 20.8 Å². The molecule has 8 heteroatoms. The predicted octanol–water partition coefficient (Wildman–Crippen LogP) is 1.15. The zero-order valence-electron chi connectivity index (χ0n) is 12.3. The fraction of sp³-hybridized carbons (Fsp3) is 0.583. The van der Waals surface area contributed by atoms with Crippen LogP contribution in [0.2, 0.25) is 5.15 Å². The summed E-state index contributed by atoms with van der Waals surface area (Å²) in [4.78, 5) is 22.0. The maximum absolute atomic E-state index is 11.0. The van der Waals surface area contributed by atoms with Crippen molar-refractivity contribution in [2.24, 2.45) is 0 Å². The Labute approximate surface area is 124 Å². The van der Waals surface area contributed by atoms with Gasteiger partial charge in [-0.05, 0) is 6.92 Å². The quantitative estimate of drug-likeness (QED) is 0.604. The van der Waals surface area contributed by atoms with E-state index in [4.69, 9.17) is 22.4 Å². The number of carbonyl (C=O) groups is 1. The standard InChI is InChI=1S/C10H16ClN5O2.C2H6/c1-3-16(6-18)7-8(11)13-10(12)14-9(7)15(2)4-5-17;1-2/h6,17H,3-5H2,1-2H3,(H2,12,13,14);1-2H3. The number of likely N-dealkylation sites (N-methyl/N-ethyl adjacent to an activating group) is 1. The molecule has 1 aromatic rings. The smallest absolute Gasteiger partial charge is 0.223 e. The lowest BCUT2D eigenvalue weighted by Crippen LogP contribution is -2.28. The number of carbonyl (C=O) groups excluding carboxylic acids is 1. The Hall–Kier alpha value is -1.60. The molecule has 0 aliphatic heterocycles. The van der Waals surface area contributed by atoms with Crippen molar-refractivity contribution < 1.29 is 9.90 Å². The molecule has 1 amide bonds. The van der Waals surface area contributed by atoms with Gasteiger partial charge in [-0.1, -0.05) is 25.4 Å². The van der Waals surface area contributed by atoms with Gasteiger partial charge in [-0.15, -0.1) is 0 Å². The van der Waals surface area contributed by atoms with Crippen molar-refractivity contribution in [1.82, 2.24) is 9.97 Å². The molecule has 0 aliphatic carbocycles. The summed E-state index contributed by atoms with van der Waals surface area (Å²) in [5, 5.41) is 9.06. The highest BCUT2D eigenvalue weighted by molar-refractivity contribution is 6.33. The molecule has 1 rings (SSSR count). The second-order valence-corrected chi connectivity index (χ2v) is 3.94. The van der Waals surface area contributed by atoms with Crippen LogP contribution in [-0.2, 0) is 4.79 Å². The lowest BCUT2D eigenvalue weighted by atomic mass is 10.3. The molecule has 7 nitrogen and oxygen atoms in total. The Morgan fingerprint density at radius 3 is 2.45 bits per heavy atom. The molecule has 0 spiro atoms. The number of amides is 1. The average Bonchev–Trinajstić information content (AvgIpc) is 2.44. The van der Waals surface area contributed by atoms with Crippen LogP contribution in [0.25, 0.3) is 0 Å². The van der Waals surface area contributed by atoms with Crippen LogP contribution in [0, 0.1) is 0 Å². The Kier molecular flexibility index (Phi) is 8.58. The molecular weight excluding hydrogens is 282 g/mol. The van der Waals surface area contributed by atoms with E-state index < -0.39 is 0 Å². The fourth-order valence-corrected chi connectivity index (χ4v) is 1.77. The number of hydrogen-bond donors (Lipinski definition) is 2. The number of hydrogen-bond acceptors (Lipinski definition) is 6. The van der Waals surface area contributed by atoms with Crippen molar-refractivity contribution in [3.63, 3.8) is 0 Å². The fourth-order valence-electron chi connectivity index (χ4n) is 1.49. The van der Waals surface area contributed by atoms with Gasteiger partial charge < -0.3 is 20.6 Å². The van der Waals surface area contributed by atoms with E-state index >= 15 is 0 Å². The molecule has 0 radical (unpaired) electrons. The van der Waals surface area contributed by atoms with Gasteiger partial charge in [0.05, 0.1) is 6.61 Å². The van der Waals surface area contributed by atoms with Gasteiger partial charge in [0.2, 0.25) is 12.4 Å². The number of aliphatic hydroxyl groups is 1. The van der Waals surface area contributed by atoms with Crippen molar-refractivity contribution in [1.29, 1.82) is 0 Å². The average molecular weight is 304 g/mol. The van der Waals surface area contributed by atoms with Crippen molar-refractivity contribution in [3.8, 4) is 0 Å². The van der Waals surface area contributed by atoms with E-state index in [0.29, 0.717) is 31.0 Å². The van der Waals surface area contributed by atoms with Gasteiger partial charge in [-0.2, -0.15) is 9.97 Å². The molecule has 0 aromatic carbocycles. The highest BCUT2D eigenvalue weighted by Gasteiger charge is 2.20. The van der Waals surface area contributed by atoms with Crippen LogP contribution in [-0.4, -0.2) is 48.2 Å². The zero-order valence-corrected chi connectivity index (χ0v) is 13.1. The van der Waals surface area contributed by atoms with Gasteiger partial charge in [0, 0.05) is 20.1 Å². The third kappa shape index (κ3) is 4.50. The van der Waals surface area contributed by atoms with E-state index in [1.807, 2.05) is 13.8 Å². The Morgan fingerprint density at radius 2 is 2.00 bits per heavy atom. The van der Waals surface area contributed by atoms with Crippen LogP contribution in [0.4, 0.5) is 17.5 Å². The first kappa shape index (κ1) is 18.4. The first-order valence-corrected chi connectivity index (χ1v) is 6.79. The minimum absolute atomic E-state index is 0.0190. The summed E-state index contributed by atoms with van der Waals surface area (Å²) in [6, 6.07) is 0. The van der Waals surface area contributed by atoms with Crippen molar-refractivity contribution in [2.75, 3.05) is 42.3 Å². The molecule has 0 saturated heterocycles. The van der Waals surface area contributed by atoms with Crippen LogP contribution in [0.5, 0.6) is 0 Å². The molecule has 0 unspecified atom stereocenters. The summed E-state index contributed by atoms with van der Waals surface area (Å²) in [6.07, 6.45) is 0.650. The van der Waals surface area contributed by atoms with Crippen molar-refractivity contribution >= 4 is 35.5 Å². The van der Waals surface area contributed by atoms with Crippen LogP contribution < -0.4 is 15.5 Å². The number of aliphatic hydroxyl groups excluding tert-OH is 1. The molecule has 1 heterocycles. The Bertz CT molecular complexity index is 431. The molecule has 0 saturated carbocycles. The monoisotopic (exact) mass is 303 g/mol. The number of halogens is 1. The van der Waals surface area contributed by atoms with Gasteiger partial charge in [0.1, 0.15) is 5.69 Å². The second kappa shape index (κ2) is 9.33. The second-order valence-electron chi connectivity index (χ2n) is 3.58. The van der Waals surface area contributed by atoms with Crippen LogP contribution in [0.1, 0.15) is 20.8 Å². The van der Waals surface area contributed by atoms with E-state index in [1.54, 1.807) is 18.9 Å². The molecule has 114 valence electrons. The highest BCUT2D eigenvalue weighted by Crippen LogP contribution is 2.33. The summed E-state index contributed by atoms with van der Waals surface area (Å²) >= 11 is 6.01. The van der Waals surface area contributed by atoms with Crippen molar-refractivity contribution in [3.05, 3.63) is 5.15 Å². The van der Waals surface area contributed by atoms with E-state index in [0.717, 1.165) is 0 Å². The number of nitrogens with two attached hydrogens (primary N) is 1. The maximum atomic E-state index is 11.0. The molecule has 3 N–H and O–H groups in total. The number of aromatic nitrogens is 2. The maximum Gasteiger partial charge on any atom is 0.223 e. The van der Waals surface area contributed by atoms with E-state index in [2.05, 4.69) is 9.97 Å². The minimum Gasteiger partial charge on any atom is -0.395 e. The summed E-state index contributed by atoms with van der Waals surface area (Å²) in [5.41, 5.74) is 5.93. The van der Waals surface area contributed by atoms with Gasteiger partial charge in [-0.25, -0.2) is 0 Å². The molecule has 0 aliphatic rings. The number of rotatable bonds is 6. The van der Waals surface area contributed by atoms with E-state index in [-0.39, 0.29) is 17.7 Å². The lowest BCUT2D eigenvalue weighted by molar-refractivity contribution is -0.107. The summed E-state index contributed by atoms with van der Waals surface area (Å²) in [6.45, 7) is 6.52. The highest BCUT2D eigenvalue weighted by atomic mass is 35.5. The van der Waals surface area contributed by atoms with Gasteiger partial charge in [0.25, 0.3) is 0 Å². The molecule has 1 aromatic heterocycles. The number of anilines is 3. The van der Waals surface area contributed by atoms with Gasteiger partial charge in [-0.3, -0.25) is 4.79 Å². The van der Waals surface area contributed by atoms with E-state index in [9.17, 15) is 4.79 Å².